The van der Waals surface area contributed by atoms with Crippen LogP contribution in [0.5, 0.6) is 0 Å². The first-order valence-corrected chi connectivity index (χ1v) is 11.3. The Labute approximate surface area is 186 Å². The van der Waals surface area contributed by atoms with Crippen LogP contribution in [0.2, 0.25) is 0 Å². The van der Waals surface area contributed by atoms with Crippen molar-refractivity contribution in [3.05, 3.63) is 77.9 Å². The third-order valence-electron chi connectivity index (χ3n) is 5.06. The van der Waals surface area contributed by atoms with Crippen molar-refractivity contribution in [2.75, 3.05) is 14.1 Å². The highest BCUT2D eigenvalue weighted by Gasteiger charge is 2.22. The third-order valence-corrected chi connectivity index (χ3v) is 6.01. The first-order chi connectivity index (χ1) is 15.2. The largest absolute Gasteiger partial charge is 0.338 e. The Morgan fingerprint density at radius 1 is 1.00 bits per heavy atom. The van der Waals surface area contributed by atoms with Crippen molar-refractivity contribution in [3.63, 3.8) is 0 Å². The second-order valence-corrected chi connectivity index (χ2v) is 8.41. The first kappa shape index (κ1) is 21.3. The molecule has 4 aromatic rings. The molecule has 4 rings (SSSR count). The highest BCUT2D eigenvalue weighted by Crippen LogP contribution is 2.28. The van der Waals surface area contributed by atoms with E-state index in [0.717, 1.165) is 29.5 Å². The summed E-state index contributed by atoms with van der Waals surface area (Å²) >= 11 is 1.56. The van der Waals surface area contributed by atoms with Gasteiger partial charge in [0.2, 0.25) is 11.7 Å². The molecule has 0 amide bonds. The summed E-state index contributed by atoms with van der Waals surface area (Å²) in [5.74, 6) is 2.67. The van der Waals surface area contributed by atoms with Crippen molar-refractivity contribution in [3.8, 4) is 11.4 Å². The van der Waals surface area contributed by atoms with E-state index in [4.69, 9.17) is 4.52 Å². The van der Waals surface area contributed by atoms with Crippen LogP contribution in [-0.2, 0) is 12.3 Å². The highest BCUT2D eigenvalue weighted by atomic mass is 32.2. The van der Waals surface area contributed by atoms with Crippen LogP contribution < -0.4 is 0 Å². The van der Waals surface area contributed by atoms with E-state index >= 15 is 0 Å². The van der Waals surface area contributed by atoms with Gasteiger partial charge < -0.3 is 9.09 Å². The van der Waals surface area contributed by atoms with E-state index in [1.54, 1.807) is 11.8 Å². The molecule has 0 bridgehead atoms. The van der Waals surface area contributed by atoms with Gasteiger partial charge in [-0.3, -0.25) is 4.90 Å². The fourth-order valence-corrected chi connectivity index (χ4v) is 4.27. The van der Waals surface area contributed by atoms with E-state index in [-0.39, 0.29) is 6.04 Å². The zero-order valence-electron chi connectivity index (χ0n) is 18.0. The fourth-order valence-electron chi connectivity index (χ4n) is 3.49. The lowest BCUT2D eigenvalue weighted by molar-refractivity contribution is 0.272. The van der Waals surface area contributed by atoms with Crippen LogP contribution in [0, 0.1) is 0 Å². The van der Waals surface area contributed by atoms with Gasteiger partial charge in [-0.25, -0.2) is 0 Å². The summed E-state index contributed by atoms with van der Waals surface area (Å²) in [6, 6.07) is 20.4. The summed E-state index contributed by atoms with van der Waals surface area (Å²) < 4.78 is 7.66. The molecule has 160 valence electrons. The smallest absolute Gasteiger partial charge is 0.237 e. The van der Waals surface area contributed by atoms with Gasteiger partial charge in [0.15, 0.2) is 11.0 Å². The number of aromatic nitrogens is 5. The molecule has 2 aromatic carbocycles. The number of benzene rings is 2. The summed E-state index contributed by atoms with van der Waals surface area (Å²) in [4.78, 5) is 6.72. The van der Waals surface area contributed by atoms with Crippen LogP contribution in [0.3, 0.4) is 0 Å². The zero-order chi connectivity index (χ0) is 21.6. The molecular weight excluding hydrogens is 408 g/mol. The molecule has 2 aromatic heterocycles. The van der Waals surface area contributed by atoms with E-state index < -0.39 is 0 Å². The van der Waals surface area contributed by atoms with E-state index in [0.29, 0.717) is 17.5 Å². The van der Waals surface area contributed by atoms with Crippen molar-refractivity contribution in [1.29, 1.82) is 0 Å². The molecule has 8 heteroatoms. The minimum absolute atomic E-state index is 0.193. The van der Waals surface area contributed by atoms with Crippen molar-refractivity contribution < 1.29 is 4.52 Å². The summed E-state index contributed by atoms with van der Waals surface area (Å²) in [7, 11) is 4.15. The van der Waals surface area contributed by atoms with Crippen LogP contribution in [-0.4, -0.2) is 43.9 Å². The summed E-state index contributed by atoms with van der Waals surface area (Å²) in [6.07, 6.45) is 0.953. The van der Waals surface area contributed by atoms with Crippen LogP contribution in [0.25, 0.3) is 11.4 Å². The number of rotatable bonds is 9. The SMILES string of the molecule is CC[C@@H](c1nnc(SCc2nc(-c3ccccc3)no2)n1Cc1ccccc1)N(C)C. The fraction of sp³-hybridized carbons (Fsp3) is 0.304. The maximum Gasteiger partial charge on any atom is 0.237 e. The predicted octanol–water partition coefficient (Wildman–Crippen LogP) is 4.68. The molecule has 31 heavy (non-hydrogen) atoms. The summed E-state index contributed by atoms with van der Waals surface area (Å²) in [5.41, 5.74) is 2.15. The molecule has 0 saturated heterocycles. The molecule has 0 aliphatic heterocycles. The molecule has 0 spiro atoms. The molecule has 0 aliphatic rings. The Kier molecular flexibility index (Phi) is 6.79. The Balaban J connectivity index is 1.56. The molecule has 1 atom stereocenters. The molecule has 7 nitrogen and oxygen atoms in total. The lowest BCUT2D eigenvalue weighted by Gasteiger charge is -2.23. The van der Waals surface area contributed by atoms with Gasteiger partial charge >= 0.3 is 0 Å². The predicted molar refractivity (Wildman–Crippen MR) is 122 cm³/mol. The minimum Gasteiger partial charge on any atom is -0.338 e. The molecule has 0 radical (unpaired) electrons. The first-order valence-electron chi connectivity index (χ1n) is 10.3. The van der Waals surface area contributed by atoms with Gasteiger partial charge in [0.25, 0.3) is 0 Å². The highest BCUT2D eigenvalue weighted by molar-refractivity contribution is 7.98. The number of thioether (sulfide) groups is 1. The van der Waals surface area contributed by atoms with Crippen LogP contribution in [0.15, 0.2) is 70.3 Å². The van der Waals surface area contributed by atoms with E-state index in [1.165, 1.54) is 5.56 Å². The molecule has 2 heterocycles. The van der Waals surface area contributed by atoms with Crippen molar-refractivity contribution in [2.45, 2.75) is 36.8 Å². The Bertz CT molecular complexity index is 1090. The van der Waals surface area contributed by atoms with Gasteiger partial charge in [-0.15, -0.1) is 10.2 Å². The van der Waals surface area contributed by atoms with E-state index in [2.05, 4.69) is 75.1 Å². The lowest BCUT2D eigenvalue weighted by atomic mass is 10.2. The van der Waals surface area contributed by atoms with Gasteiger partial charge in [0, 0.05) is 5.56 Å². The third kappa shape index (κ3) is 5.03. The lowest BCUT2D eigenvalue weighted by Crippen LogP contribution is -2.23. The van der Waals surface area contributed by atoms with Crippen molar-refractivity contribution >= 4 is 11.8 Å². The van der Waals surface area contributed by atoms with Gasteiger partial charge in [0.05, 0.1) is 18.3 Å². The standard InChI is InChI=1S/C23H26N6OS/c1-4-19(28(2)3)22-25-26-23(29(22)15-17-11-7-5-8-12-17)31-16-20-24-21(27-30-20)18-13-9-6-10-14-18/h5-14,19H,4,15-16H2,1-3H3/t19-/m0/s1. The number of hydrogen-bond acceptors (Lipinski definition) is 7. The van der Waals surface area contributed by atoms with E-state index in [9.17, 15) is 0 Å². The molecule has 0 N–H and O–H groups in total. The van der Waals surface area contributed by atoms with Crippen LogP contribution in [0.4, 0.5) is 0 Å². The topological polar surface area (TPSA) is 72.9 Å². The van der Waals surface area contributed by atoms with Gasteiger partial charge in [-0.2, -0.15) is 4.98 Å². The van der Waals surface area contributed by atoms with Crippen LogP contribution >= 0.6 is 11.8 Å². The molecule has 0 saturated carbocycles. The van der Waals surface area contributed by atoms with Crippen LogP contribution in [0.1, 0.15) is 36.7 Å². The summed E-state index contributed by atoms with van der Waals surface area (Å²) in [6.45, 7) is 2.89. The number of nitrogens with zero attached hydrogens (tertiary/aromatic N) is 6. The second kappa shape index (κ2) is 9.89. The molecule has 0 aliphatic carbocycles. The maximum absolute atomic E-state index is 5.46. The second-order valence-electron chi connectivity index (χ2n) is 7.47. The molecular formula is C23H26N6OS. The van der Waals surface area contributed by atoms with Gasteiger partial charge in [0.1, 0.15) is 0 Å². The molecule has 0 unspecified atom stereocenters. The van der Waals surface area contributed by atoms with Crippen molar-refractivity contribution in [2.24, 2.45) is 0 Å². The quantitative estimate of drug-likeness (QED) is 0.354. The summed E-state index contributed by atoms with van der Waals surface area (Å²) in [5, 5.41) is 14.0. The Morgan fingerprint density at radius 2 is 1.71 bits per heavy atom. The molecule has 0 fully saturated rings. The normalized spacial score (nSPS) is 12.4. The average molecular weight is 435 g/mol. The monoisotopic (exact) mass is 434 g/mol. The van der Waals surface area contributed by atoms with Gasteiger partial charge in [-0.1, -0.05) is 84.5 Å². The van der Waals surface area contributed by atoms with Gasteiger partial charge in [-0.05, 0) is 26.1 Å². The minimum atomic E-state index is 0.193. The zero-order valence-corrected chi connectivity index (χ0v) is 18.8. The average Bonchev–Trinajstić information content (AvgIpc) is 3.42. The Hall–Kier alpha value is -2.97. The van der Waals surface area contributed by atoms with Crippen molar-refractivity contribution in [1.82, 2.24) is 29.8 Å². The number of hydrogen-bond donors (Lipinski definition) is 0. The maximum atomic E-state index is 5.46. The van der Waals surface area contributed by atoms with E-state index in [1.807, 2.05) is 36.4 Å². The Morgan fingerprint density at radius 3 is 2.39 bits per heavy atom.